The maximum absolute atomic E-state index is 12.8. The van der Waals surface area contributed by atoms with Crippen LogP contribution in [-0.2, 0) is 11.2 Å². The lowest BCUT2D eigenvalue weighted by Gasteiger charge is -2.14. The highest BCUT2D eigenvalue weighted by atomic mass is 32.2. The summed E-state index contributed by atoms with van der Waals surface area (Å²) < 4.78 is 6.49. The largest absolute Gasteiger partial charge is 0.457 e. The lowest BCUT2D eigenvalue weighted by molar-refractivity contribution is -0.122. The Bertz CT molecular complexity index is 1050. The van der Waals surface area contributed by atoms with Gasteiger partial charge >= 0.3 is 0 Å². The highest BCUT2D eigenvalue weighted by Crippen LogP contribution is 2.33. The van der Waals surface area contributed by atoms with E-state index in [9.17, 15) is 4.79 Å². The van der Waals surface area contributed by atoms with Crippen molar-refractivity contribution >= 4 is 40.3 Å². The fourth-order valence-electron chi connectivity index (χ4n) is 3.02. The molecule has 0 radical (unpaired) electrons. The monoisotopic (exact) mass is 417 g/mol. The van der Waals surface area contributed by atoms with Crippen molar-refractivity contribution in [2.75, 3.05) is 6.54 Å². The van der Waals surface area contributed by atoms with Crippen LogP contribution in [0.2, 0.25) is 0 Å². The molecular weight excluding hydrogens is 398 g/mol. The zero-order valence-electron chi connectivity index (χ0n) is 15.7. The van der Waals surface area contributed by atoms with Crippen LogP contribution in [-0.4, -0.2) is 21.7 Å². The van der Waals surface area contributed by atoms with Gasteiger partial charge in [0, 0.05) is 6.54 Å². The average Bonchev–Trinajstić information content (AvgIpc) is 3.01. The number of benzene rings is 3. The van der Waals surface area contributed by atoms with Crippen LogP contribution in [0.1, 0.15) is 11.1 Å². The van der Waals surface area contributed by atoms with Gasteiger partial charge in [0.15, 0.2) is 0 Å². The van der Waals surface area contributed by atoms with Crippen LogP contribution in [0.4, 0.5) is 0 Å². The molecule has 3 aromatic rings. The minimum absolute atomic E-state index is 0.0367. The fourth-order valence-corrected chi connectivity index (χ4v) is 4.33. The molecule has 1 aliphatic rings. The molecule has 0 atom stereocenters. The molecular formula is C24H19NO2S2. The molecule has 5 heteroatoms. The van der Waals surface area contributed by atoms with E-state index in [1.807, 2.05) is 78.9 Å². The number of rotatable bonds is 6. The van der Waals surface area contributed by atoms with Crippen LogP contribution in [0.5, 0.6) is 11.5 Å². The third kappa shape index (κ3) is 4.94. The summed E-state index contributed by atoms with van der Waals surface area (Å²) in [6.07, 6.45) is 2.65. The third-order valence-corrected chi connectivity index (χ3v) is 5.85. The van der Waals surface area contributed by atoms with Crippen molar-refractivity contribution in [3.8, 4) is 11.5 Å². The van der Waals surface area contributed by atoms with Crippen molar-refractivity contribution in [3.05, 3.63) is 101 Å². The van der Waals surface area contributed by atoms with Crippen molar-refractivity contribution < 1.29 is 9.53 Å². The first-order valence-corrected chi connectivity index (χ1v) is 10.5. The smallest absolute Gasteiger partial charge is 0.266 e. The molecule has 0 aromatic heterocycles. The first kappa shape index (κ1) is 19.4. The Labute approximate surface area is 180 Å². The van der Waals surface area contributed by atoms with E-state index in [-0.39, 0.29) is 5.91 Å². The van der Waals surface area contributed by atoms with Gasteiger partial charge in [-0.1, -0.05) is 84.6 Å². The molecule has 0 unspecified atom stereocenters. The fraction of sp³-hybridized carbons (Fsp3) is 0.0833. The SMILES string of the molecule is O=C1/C(=C\c2cccc(Oc3ccccc3)c2)SC(=S)N1CCc1ccccc1. The predicted molar refractivity (Wildman–Crippen MR) is 123 cm³/mol. The molecule has 29 heavy (non-hydrogen) atoms. The number of ether oxygens (including phenoxy) is 1. The summed E-state index contributed by atoms with van der Waals surface area (Å²) in [6.45, 7) is 0.586. The summed E-state index contributed by atoms with van der Waals surface area (Å²) in [5.74, 6) is 1.46. The van der Waals surface area contributed by atoms with Crippen LogP contribution in [0.3, 0.4) is 0 Å². The van der Waals surface area contributed by atoms with Gasteiger partial charge in [-0.3, -0.25) is 9.69 Å². The molecule has 4 rings (SSSR count). The molecule has 144 valence electrons. The summed E-state index contributed by atoms with van der Waals surface area (Å²) in [6, 6.07) is 27.4. The van der Waals surface area contributed by atoms with E-state index in [1.54, 1.807) is 4.90 Å². The Balaban J connectivity index is 1.46. The number of thioether (sulfide) groups is 1. The molecule has 3 aromatic carbocycles. The van der Waals surface area contributed by atoms with Gasteiger partial charge in [-0.25, -0.2) is 0 Å². The van der Waals surface area contributed by atoms with E-state index < -0.39 is 0 Å². The van der Waals surface area contributed by atoms with Crippen molar-refractivity contribution in [3.63, 3.8) is 0 Å². The topological polar surface area (TPSA) is 29.5 Å². The molecule has 0 N–H and O–H groups in total. The van der Waals surface area contributed by atoms with Crippen molar-refractivity contribution in [2.45, 2.75) is 6.42 Å². The summed E-state index contributed by atoms with van der Waals surface area (Å²) in [4.78, 5) is 15.2. The number of hydrogen-bond acceptors (Lipinski definition) is 4. The minimum atomic E-state index is -0.0367. The zero-order chi connectivity index (χ0) is 20.1. The quantitative estimate of drug-likeness (QED) is 0.368. The molecule has 1 fully saturated rings. The zero-order valence-corrected chi connectivity index (χ0v) is 17.3. The number of carbonyl (C=O) groups excluding carboxylic acids is 1. The van der Waals surface area contributed by atoms with E-state index in [2.05, 4.69) is 12.1 Å². The van der Waals surface area contributed by atoms with Crippen LogP contribution < -0.4 is 4.74 Å². The maximum Gasteiger partial charge on any atom is 0.266 e. The van der Waals surface area contributed by atoms with Gasteiger partial charge in [0.2, 0.25) is 0 Å². The maximum atomic E-state index is 12.8. The van der Waals surface area contributed by atoms with Gasteiger partial charge in [0.25, 0.3) is 5.91 Å². The normalized spacial score (nSPS) is 15.2. The Kier molecular flexibility index (Phi) is 6.08. The number of amides is 1. The number of thiocarbonyl (C=S) groups is 1. The minimum Gasteiger partial charge on any atom is -0.457 e. The number of hydrogen-bond donors (Lipinski definition) is 0. The molecule has 0 aliphatic carbocycles. The molecule has 1 amide bonds. The van der Waals surface area contributed by atoms with E-state index in [0.29, 0.717) is 15.8 Å². The lowest BCUT2D eigenvalue weighted by atomic mass is 10.1. The summed E-state index contributed by atoms with van der Waals surface area (Å²) >= 11 is 6.79. The number of nitrogens with zero attached hydrogens (tertiary/aromatic N) is 1. The Hall–Kier alpha value is -2.89. The van der Waals surface area contributed by atoms with Crippen LogP contribution in [0, 0.1) is 0 Å². The number of carbonyl (C=O) groups is 1. The van der Waals surface area contributed by atoms with Gasteiger partial charge in [-0.2, -0.15) is 0 Å². The predicted octanol–water partition coefficient (Wildman–Crippen LogP) is 5.92. The van der Waals surface area contributed by atoms with Gasteiger partial charge < -0.3 is 4.74 Å². The highest BCUT2D eigenvalue weighted by Gasteiger charge is 2.31. The number of para-hydroxylation sites is 1. The van der Waals surface area contributed by atoms with Gasteiger partial charge in [-0.15, -0.1) is 0 Å². The second kappa shape index (κ2) is 9.07. The van der Waals surface area contributed by atoms with Crippen molar-refractivity contribution in [1.29, 1.82) is 0 Å². The molecule has 0 spiro atoms. The Morgan fingerprint density at radius 3 is 2.34 bits per heavy atom. The first-order valence-electron chi connectivity index (χ1n) is 9.31. The Morgan fingerprint density at radius 2 is 1.59 bits per heavy atom. The van der Waals surface area contributed by atoms with Crippen molar-refractivity contribution in [2.24, 2.45) is 0 Å². The van der Waals surface area contributed by atoms with E-state index in [4.69, 9.17) is 17.0 Å². The van der Waals surface area contributed by atoms with Crippen LogP contribution in [0.25, 0.3) is 6.08 Å². The molecule has 1 heterocycles. The summed E-state index contributed by atoms with van der Waals surface area (Å²) in [5, 5.41) is 0. The van der Waals surface area contributed by atoms with E-state index >= 15 is 0 Å². The van der Waals surface area contributed by atoms with Gasteiger partial charge in [-0.05, 0) is 47.9 Å². The van der Waals surface area contributed by atoms with Crippen molar-refractivity contribution in [1.82, 2.24) is 4.90 Å². The molecule has 0 saturated carbocycles. The van der Waals surface area contributed by atoms with Crippen LogP contribution >= 0.6 is 24.0 Å². The first-order chi connectivity index (χ1) is 14.2. The molecule has 3 nitrogen and oxygen atoms in total. The third-order valence-electron chi connectivity index (χ3n) is 4.48. The second-order valence-electron chi connectivity index (χ2n) is 6.56. The van der Waals surface area contributed by atoms with Crippen LogP contribution in [0.15, 0.2) is 89.8 Å². The molecule has 1 aliphatic heterocycles. The molecule has 1 saturated heterocycles. The van der Waals surface area contributed by atoms with E-state index in [1.165, 1.54) is 17.3 Å². The van der Waals surface area contributed by atoms with E-state index in [0.717, 1.165) is 23.5 Å². The second-order valence-corrected chi connectivity index (χ2v) is 8.23. The summed E-state index contributed by atoms with van der Waals surface area (Å²) in [5.41, 5.74) is 2.10. The lowest BCUT2D eigenvalue weighted by Crippen LogP contribution is -2.30. The van der Waals surface area contributed by atoms with Gasteiger partial charge in [0.05, 0.1) is 4.91 Å². The molecule has 0 bridgehead atoms. The summed E-state index contributed by atoms with van der Waals surface area (Å²) in [7, 11) is 0. The highest BCUT2D eigenvalue weighted by molar-refractivity contribution is 8.26. The Morgan fingerprint density at radius 1 is 0.897 bits per heavy atom. The van der Waals surface area contributed by atoms with Gasteiger partial charge in [0.1, 0.15) is 15.8 Å². The standard InChI is InChI=1S/C24H19NO2S2/c26-23-22(29-24(28)25(23)15-14-18-8-3-1-4-9-18)17-19-10-7-13-21(16-19)27-20-11-5-2-6-12-20/h1-13,16-17H,14-15H2/b22-17+. The average molecular weight is 418 g/mol.